The van der Waals surface area contributed by atoms with Crippen molar-refractivity contribution in [1.82, 2.24) is 0 Å². The molecule has 0 bridgehead atoms. The third-order valence-corrected chi connectivity index (χ3v) is 19.3. The van der Waals surface area contributed by atoms with E-state index in [0.717, 1.165) is 0 Å². The molecule has 0 heterocycles. The van der Waals surface area contributed by atoms with Crippen LogP contribution >= 0.6 is 0 Å². The second-order valence-electron chi connectivity index (χ2n) is 25.1. The van der Waals surface area contributed by atoms with Crippen molar-refractivity contribution in [2.45, 2.75) is 128 Å². The van der Waals surface area contributed by atoms with Gasteiger partial charge >= 0.3 is 0 Å². The van der Waals surface area contributed by atoms with E-state index in [4.69, 9.17) is 0 Å². The Morgan fingerprint density at radius 2 is 0.789 bits per heavy atom. The zero-order valence-electron chi connectivity index (χ0n) is 43.3. The van der Waals surface area contributed by atoms with Crippen molar-refractivity contribution in [2.75, 3.05) is 4.90 Å². The predicted molar refractivity (Wildman–Crippen MR) is 300 cm³/mol. The summed E-state index contributed by atoms with van der Waals surface area (Å²) < 4.78 is 0. The molecule has 5 aliphatic rings. The summed E-state index contributed by atoms with van der Waals surface area (Å²) >= 11 is 0. The minimum atomic E-state index is -0.501. The van der Waals surface area contributed by atoms with Crippen LogP contribution < -0.4 is 4.90 Å². The number of nitrogens with zero attached hydrogens (tertiary/aromatic N) is 1. The Balaban J connectivity index is 1.09. The summed E-state index contributed by atoms with van der Waals surface area (Å²) in [5, 5.41) is 0. The van der Waals surface area contributed by atoms with E-state index >= 15 is 0 Å². The van der Waals surface area contributed by atoms with Crippen LogP contribution in [0.25, 0.3) is 44.5 Å². The quantitative estimate of drug-likeness (QED) is 0.161. The summed E-state index contributed by atoms with van der Waals surface area (Å²) in [4.78, 5) is 2.62. The maximum absolute atomic E-state index is 2.71. The van der Waals surface area contributed by atoms with E-state index in [1.807, 2.05) is 0 Å². The first-order valence-electron chi connectivity index (χ1n) is 26.9. The number of rotatable bonds is 6. The third-order valence-electron chi connectivity index (χ3n) is 19.3. The predicted octanol–water partition coefficient (Wildman–Crippen LogP) is 19.2. The molecule has 71 heavy (non-hydrogen) atoms. The second-order valence-corrected chi connectivity index (χ2v) is 25.1. The first kappa shape index (κ1) is 44.5. The summed E-state index contributed by atoms with van der Waals surface area (Å²) in [6, 6.07) is 68.8. The Kier molecular flexibility index (Phi) is 9.73. The maximum Gasteiger partial charge on any atom is 0.0726 e. The topological polar surface area (TPSA) is 3.24 Å². The van der Waals surface area contributed by atoms with Crippen molar-refractivity contribution in [3.63, 3.8) is 0 Å². The molecule has 0 N–H and O–H groups in total. The minimum Gasteiger partial charge on any atom is -0.309 e. The number of para-hydroxylation sites is 1. The third kappa shape index (κ3) is 6.56. The first-order chi connectivity index (χ1) is 34.1. The summed E-state index contributed by atoms with van der Waals surface area (Å²) in [6.45, 7) is 19.8. The van der Waals surface area contributed by atoms with Gasteiger partial charge in [-0.3, -0.25) is 0 Å². The molecule has 1 spiro atoms. The van der Waals surface area contributed by atoms with Crippen molar-refractivity contribution in [3.05, 3.63) is 220 Å². The molecule has 0 radical (unpaired) electrons. The Labute approximate surface area is 424 Å². The number of fused-ring (bicyclic) bond motifs is 13. The van der Waals surface area contributed by atoms with Gasteiger partial charge in [0.25, 0.3) is 0 Å². The van der Waals surface area contributed by atoms with Crippen LogP contribution in [0.15, 0.2) is 176 Å². The van der Waals surface area contributed by atoms with Crippen molar-refractivity contribution < 1.29 is 0 Å². The molecule has 8 aromatic carbocycles. The Morgan fingerprint density at radius 3 is 1.41 bits per heavy atom. The average molecular weight is 924 g/mol. The summed E-state index contributed by atoms with van der Waals surface area (Å²) in [7, 11) is 0. The monoisotopic (exact) mass is 924 g/mol. The zero-order chi connectivity index (χ0) is 48.7. The number of hydrogen-bond acceptors (Lipinski definition) is 1. The molecule has 0 aliphatic heterocycles. The normalized spacial score (nSPS) is 19.5. The molecule has 2 saturated carbocycles. The fourth-order valence-electron chi connectivity index (χ4n) is 14.5. The van der Waals surface area contributed by atoms with E-state index in [1.165, 1.54) is 157 Å². The van der Waals surface area contributed by atoms with Crippen LogP contribution in [0.4, 0.5) is 17.1 Å². The summed E-state index contributed by atoms with van der Waals surface area (Å²) in [5.74, 6) is 0. The van der Waals surface area contributed by atoms with Gasteiger partial charge in [0, 0.05) is 22.2 Å². The molecule has 0 saturated heterocycles. The molecule has 0 unspecified atom stereocenters. The lowest BCUT2D eigenvalue weighted by atomic mass is 9.62. The molecule has 8 aromatic rings. The van der Waals surface area contributed by atoms with Gasteiger partial charge in [0.1, 0.15) is 0 Å². The largest absolute Gasteiger partial charge is 0.309 e. The zero-order valence-corrected chi connectivity index (χ0v) is 43.3. The van der Waals surface area contributed by atoms with Gasteiger partial charge in [0.05, 0.1) is 16.8 Å². The highest BCUT2D eigenvalue weighted by Crippen LogP contribution is 2.66. The standard InChI is InChI=1S/C70H69N/c1-65(2)35-39-68(7,40-36-65)47-29-32-53-54-33-30-48(69(8)41-37-66(3,4)38-42-69)44-61(54)70(60(53)43-47)57-25-16-13-23-55(57)64-58(70)26-18-28-63(64)71(62-27-17-14-21-50(62)46-19-10-9-11-20-46)49-31-34-52-51-22-12-15-24-56(51)67(5,6)59(52)45-49/h9-34,43-45H,35-42H2,1-8H3. The molecular formula is C70H69N. The number of benzene rings is 8. The molecule has 2 fully saturated rings. The Morgan fingerprint density at radius 1 is 0.324 bits per heavy atom. The lowest BCUT2D eigenvalue weighted by molar-refractivity contribution is 0.173. The van der Waals surface area contributed by atoms with Crippen LogP contribution in [-0.2, 0) is 21.7 Å². The molecule has 0 aromatic heterocycles. The Hall–Kier alpha value is -6.44. The van der Waals surface area contributed by atoms with E-state index in [0.29, 0.717) is 10.8 Å². The lowest BCUT2D eigenvalue weighted by Gasteiger charge is -2.43. The molecule has 1 heteroatoms. The van der Waals surface area contributed by atoms with E-state index in [-0.39, 0.29) is 16.2 Å². The van der Waals surface area contributed by atoms with E-state index in [1.54, 1.807) is 0 Å². The number of hydrogen-bond donors (Lipinski definition) is 0. The molecular weight excluding hydrogens is 855 g/mol. The van der Waals surface area contributed by atoms with Crippen molar-refractivity contribution in [1.29, 1.82) is 0 Å². The maximum atomic E-state index is 2.71. The van der Waals surface area contributed by atoms with Crippen LogP contribution in [0.1, 0.15) is 151 Å². The van der Waals surface area contributed by atoms with E-state index in [9.17, 15) is 0 Å². The van der Waals surface area contributed by atoms with Crippen molar-refractivity contribution in [2.24, 2.45) is 10.8 Å². The smallest absolute Gasteiger partial charge is 0.0726 e. The fraction of sp³-hybridized carbons (Fsp3) is 0.314. The molecule has 0 amide bonds. The van der Waals surface area contributed by atoms with Gasteiger partial charge in [-0.25, -0.2) is 0 Å². The van der Waals surface area contributed by atoms with Gasteiger partial charge < -0.3 is 4.90 Å². The second kappa shape index (κ2) is 15.5. The Bertz CT molecular complexity index is 3350. The van der Waals surface area contributed by atoms with Crippen LogP contribution in [0.2, 0.25) is 0 Å². The fourth-order valence-corrected chi connectivity index (χ4v) is 14.5. The number of anilines is 3. The van der Waals surface area contributed by atoms with Crippen LogP contribution in [-0.4, -0.2) is 0 Å². The van der Waals surface area contributed by atoms with Crippen LogP contribution in [0, 0.1) is 10.8 Å². The van der Waals surface area contributed by atoms with Crippen LogP contribution in [0.3, 0.4) is 0 Å². The molecule has 5 aliphatic carbocycles. The first-order valence-corrected chi connectivity index (χ1v) is 26.9. The van der Waals surface area contributed by atoms with Gasteiger partial charge in [-0.1, -0.05) is 207 Å². The van der Waals surface area contributed by atoms with E-state index in [2.05, 4.69) is 236 Å². The molecule has 0 atom stereocenters. The molecule has 354 valence electrons. The summed E-state index contributed by atoms with van der Waals surface area (Å²) in [5.41, 5.74) is 26.0. The SMILES string of the molecule is CC1(C)CCC(C)(c2ccc3c(c2)C2(c4cc(C5(C)CCC(C)(C)CC5)ccc4-3)c3ccccc3-c3c(N(c4ccc5c(c4)C(C)(C)c4ccccc4-5)c4ccccc4-c4ccccc4)cccc32)CC1. The molecule has 13 rings (SSSR count). The van der Waals surface area contributed by atoms with Gasteiger partial charge in [-0.2, -0.15) is 0 Å². The highest BCUT2D eigenvalue weighted by molar-refractivity contribution is 6.03. The van der Waals surface area contributed by atoms with Gasteiger partial charge in [0.15, 0.2) is 0 Å². The van der Waals surface area contributed by atoms with Gasteiger partial charge in [0.2, 0.25) is 0 Å². The van der Waals surface area contributed by atoms with Crippen molar-refractivity contribution >= 4 is 17.1 Å². The van der Waals surface area contributed by atoms with Crippen LogP contribution in [0.5, 0.6) is 0 Å². The average Bonchev–Trinajstić information content (AvgIpc) is 3.95. The minimum absolute atomic E-state index is 0.121. The lowest BCUT2D eigenvalue weighted by Crippen LogP contribution is -2.33. The highest BCUT2D eigenvalue weighted by atomic mass is 15.1. The van der Waals surface area contributed by atoms with Crippen molar-refractivity contribution in [3.8, 4) is 44.5 Å². The highest BCUT2D eigenvalue weighted by Gasteiger charge is 2.54. The van der Waals surface area contributed by atoms with Gasteiger partial charge in [-0.15, -0.1) is 0 Å². The molecule has 1 nitrogen and oxygen atoms in total. The summed E-state index contributed by atoms with van der Waals surface area (Å²) in [6.07, 6.45) is 9.89. The van der Waals surface area contributed by atoms with E-state index < -0.39 is 5.41 Å². The van der Waals surface area contributed by atoms with Gasteiger partial charge in [-0.05, 0) is 175 Å².